The average Bonchev–Trinajstić information content (AvgIpc) is 2.94. The lowest BCUT2D eigenvalue weighted by Crippen LogP contribution is -2.42. The molecule has 0 N–H and O–H groups in total. The van der Waals surface area contributed by atoms with E-state index in [1.54, 1.807) is 6.20 Å². The standard InChI is InChI=1S/C19H23N3O2/c1-14-6-4-7-15(21-14)12-22-13-17(19-16(22)8-5-11-23-19)24-18-9-2-3-10-20-18/h2-4,6-7,9-10,16-17,19H,5,8,11-13H2,1H3/t16-,17+,19+/m0/s1. The highest BCUT2D eigenvalue weighted by Gasteiger charge is 2.45. The Balaban J connectivity index is 1.50. The minimum Gasteiger partial charge on any atom is -0.470 e. The van der Waals surface area contributed by atoms with Crippen molar-refractivity contribution >= 4 is 0 Å². The number of nitrogens with zero attached hydrogens (tertiary/aromatic N) is 3. The molecule has 4 heterocycles. The second-order valence-electron chi connectivity index (χ2n) is 6.57. The van der Waals surface area contributed by atoms with Gasteiger partial charge in [-0.15, -0.1) is 0 Å². The number of hydrogen-bond donors (Lipinski definition) is 0. The monoisotopic (exact) mass is 325 g/mol. The van der Waals surface area contributed by atoms with E-state index in [1.165, 1.54) is 0 Å². The minimum absolute atomic E-state index is 0.0232. The van der Waals surface area contributed by atoms with Crippen LogP contribution < -0.4 is 4.74 Å². The van der Waals surface area contributed by atoms with Gasteiger partial charge in [0.25, 0.3) is 0 Å². The number of aromatic nitrogens is 2. The summed E-state index contributed by atoms with van der Waals surface area (Å²) in [6, 6.07) is 12.4. The predicted molar refractivity (Wildman–Crippen MR) is 90.8 cm³/mol. The van der Waals surface area contributed by atoms with Crippen LogP contribution in [0, 0.1) is 6.92 Å². The third-order valence-electron chi connectivity index (χ3n) is 4.80. The second-order valence-corrected chi connectivity index (χ2v) is 6.57. The molecule has 2 aliphatic rings. The zero-order chi connectivity index (χ0) is 16.4. The van der Waals surface area contributed by atoms with Gasteiger partial charge in [0.2, 0.25) is 5.88 Å². The Hall–Kier alpha value is -1.98. The fourth-order valence-electron chi connectivity index (χ4n) is 3.76. The molecule has 5 heteroatoms. The summed E-state index contributed by atoms with van der Waals surface area (Å²) in [5, 5.41) is 0. The van der Waals surface area contributed by atoms with Gasteiger partial charge in [-0.2, -0.15) is 0 Å². The van der Waals surface area contributed by atoms with E-state index in [-0.39, 0.29) is 12.2 Å². The molecular weight excluding hydrogens is 302 g/mol. The van der Waals surface area contributed by atoms with E-state index >= 15 is 0 Å². The molecule has 0 saturated carbocycles. The largest absolute Gasteiger partial charge is 0.470 e. The first kappa shape index (κ1) is 15.5. The first-order chi connectivity index (χ1) is 11.8. The normalized spacial score (nSPS) is 27.0. The van der Waals surface area contributed by atoms with Crippen LogP contribution in [0.3, 0.4) is 0 Å². The average molecular weight is 325 g/mol. The first-order valence-electron chi connectivity index (χ1n) is 8.65. The van der Waals surface area contributed by atoms with E-state index in [9.17, 15) is 0 Å². The van der Waals surface area contributed by atoms with E-state index in [4.69, 9.17) is 9.47 Å². The zero-order valence-corrected chi connectivity index (χ0v) is 14.0. The summed E-state index contributed by atoms with van der Waals surface area (Å²) in [6.07, 6.45) is 4.16. The SMILES string of the molecule is Cc1cccc(CN2C[C@@H](Oc3ccccn3)[C@@H]3OCCC[C@@H]32)n1. The van der Waals surface area contributed by atoms with Crippen molar-refractivity contribution in [3.8, 4) is 5.88 Å². The molecule has 5 nitrogen and oxygen atoms in total. The van der Waals surface area contributed by atoms with Gasteiger partial charge in [-0.3, -0.25) is 9.88 Å². The van der Waals surface area contributed by atoms with Gasteiger partial charge in [-0.05, 0) is 38.0 Å². The molecule has 0 amide bonds. The van der Waals surface area contributed by atoms with Crippen molar-refractivity contribution < 1.29 is 9.47 Å². The molecule has 0 spiro atoms. The molecule has 2 aromatic rings. The highest BCUT2D eigenvalue weighted by atomic mass is 16.5. The Kier molecular flexibility index (Phi) is 4.45. The van der Waals surface area contributed by atoms with Crippen LogP contribution in [-0.2, 0) is 11.3 Å². The molecule has 0 aliphatic carbocycles. The molecule has 4 rings (SSSR count). The van der Waals surface area contributed by atoms with Crippen LogP contribution in [0.1, 0.15) is 24.2 Å². The molecule has 0 bridgehead atoms. The van der Waals surface area contributed by atoms with Crippen LogP contribution in [0.15, 0.2) is 42.6 Å². The Morgan fingerprint density at radius 2 is 2.21 bits per heavy atom. The predicted octanol–water partition coefficient (Wildman–Crippen LogP) is 2.60. The first-order valence-corrected chi connectivity index (χ1v) is 8.65. The Morgan fingerprint density at radius 1 is 1.25 bits per heavy atom. The second kappa shape index (κ2) is 6.87. The van der Waals surface area contributed by atoms with Gasteiger partial charge < -0.3 is 9.47 Å². The van der Waals surface area contributed by atoms with Gasteiger partial charge in [0, 0.05) is 43.7 Å². The van der Waals surface area contributed by atoms with Crippen LogP contribution in [0.4, 0.5) is 0 Å². The summed E-state index contributed by atoms with van der Waals surface area (Å²) in [5.74, 6) is 0.672. The number of likely N-dealkylation sites (tertiary alicyclic amines) is 1. The van der Waals surface area contributed by atoms with E-state index in [2.05, 4.69) is 27.0 Å². The summed E-state index contributed by atoms with van der Waals surface area (Å²) in [5.41, 5.74) is 2.17. The van der Waals surface area contributed by atoms with Crippen molar-refractivity contribution in [2.75, 3.05) is 13.2 Å². The lowest BCUT2D eigenvalue weighted by atomic mass is 10.0. The summed E-state index contributed by atoms with van der Waals surface area (Å²) in [6.45, 7) is 4.54. The Bertz CT molecular complexity index is 679. The van der Waals surface area contributed by atoms with Crippen LogP contribution in [0.5, 0.6) is 5.88 Å². The van der Waals surface area contributed by atoms with Gasteiger partial charge in [0.15, 0.2) is 0 Å². The summed E-state index contributed by atoms with van der Waals surface area (Å²) in [4.78, 5) is 11.4. The maximum Gasteiger partial charge on any atom is 0.213 e. The third kappa shape index (κ3) is 3.28. The summed E-state index contributed by atoms with van der Waals surface area (Å²) >= 11 is 0. The molecule has 24 heavy (non-hydrogen) atoms. The molecule has 2 saturated heterocycles. The molecule has 0 unspecified atom stereocenters. The molecule has 2 fully saturated rings. The smallest absolute Gasteiger partial charge is 0.213 e. The molecular formula is C19H23N3O2. The van der Waals surface area contributed by atoms with Gasteiger partial charge >= 0.3 is 0 Å². The van der Waals surface area contributed by atoms with Crippen LogP contribution >= 0.6 is 0 Å². The number of pyridine rings is 2. The van der Waals surface area contributed by atoms with Gasteiger partial charge in [0.05, 0.1) is 5.69 Å². The van der Waals surface area contributed by atoms with Crippen LogP contribution in [0.25, 0.3) is 0 Å². The summed E-state index contributed by atoms with van der Waals surface area (Å²) < 4.78 is 12.2. The number of ether oxygens (including phenoxy) is 2. The van der Waals surface area contributed by atoms with Crippen molar-refractivity contribution in [3.05, 3.63) is 54.0 Å². The van der Waals surface area contributed by atoms with E-state index < -0.39 is 0 Å². The van der Waals surface area contributed by atoms with Crippen molar-refractivity contribution in [2.24, 2.45) is 0 Å². The molecule has 2 aromatic heterocycles. The lowest BCUT2D eigenvalue weighted by Gasteiger charge is -2.32. The van der Waals surface area contributed by atoms with E-state index in [1.807, 2.05) is 31.2 Å². The minimum atomic E-state index is 0.0232. The Morgan fingerprint density at radius 3 is 3.04 bits per heavy atom. The van der Waals surface area contributed by atoms with Crippen molar-refractivity contribution in [1.29, 1.82) is 0 Å². The third-order valence-corrected chi connectivity index (χ3v) is 4.80. The molecule has 3 atom stereocenters. The van der Waals surface area contributed by atoms with Crippen molar-refractivity contribution in [1.82, 2.24) is 14.9 Å². The number of fused-ring (bicyclic) bond motifs is 1. The van der Waals surface area contributed by atoms with Crippen molar-refractivity contribution in [3.63, 3.8) is 0 Å². The number of rotatable bonds is 4. The fourth-order valence-corrected chi connectivity index (χ4v) is 3.76. The quantitative estimate of drug-likeness (QED) is 0.865. The molecule has 2 aliphatic heterocycles. The highest BCUT2D eigenvalue weighted by Crippen LogP contribution is 2.32. The molecule has 0 radical (unpaired) electrons. The van der Waals surface area contributed by atoms with E-state index in [0.29, 0.717) is 11.9 Å². The lowest BCUT2D eigenvalue weighted by molar-refractivity contribution is -0.0480. The zero-order valence-electron chi connectivity index (χ0n) is 14.0. The summed E-state index contributed by atoms with van der Waals surface area (Å²) in [7, 11) is 0. The Labute approximate surface area is 142 Å². The van der Waals surface area contributed by atoms with Crippen LogP contribution in [-0.4, -0.2) is 46.3 Å². The van der Waals surface area contributed by atoms with Gasteiger partial charge in [-0.1, -0.05) is 12.1 Å². The maximum absolute atomic E-state index is 6.14. The van der Waals surface area contributed by atoms with Gasteiger partial charge in [-0.25, -0.2) is 4.98 Å². The van der Waals surface area contributed by atoms with Crippen LogP contribution in [0.2, 0.25) is 0 Å². The number of hydrogen-bond acceptors (Lipinski definition) is 5. The van der Waals surface area contributed by atoms with Crippen molar-refractivity contribution in [2.45, 2.75) is 44.6 Å². The van der Waals surface area contributed by atoms with Gasteiger partial charge in [0.1, 0.15) is 12.2 Å². The topological polar surface area (TPSA) is 47.5 Å². The maximum atomic E-state index is 6.14. The fraction of sp³-hybridized carbons (Fsp3) is 0.474. The number of aryl methyl sites for hydroxylation is 1. The highest BCUT2D eigenvalue weighted by molar-refractivity contribution is 5.13. The molecule has 126 valence electrons. The molecule has 0 aromatic carbocycles. The van der Waals surface area contributed by atoms with E-state index in [0.717, 1.165) is 43.9 Å².